The molecule has 3 aromatic rings. The molecule has 1 aromatic heterocycles. The summed E-state index contributed by atoms with van der Waals surface area (Å²) < 4.78 is 8.41. The van der Waals surface area contributed by atoms with Gasteiger partial charge in [-0.3, -0.25) is 4.79 Å². The lowest BCUT2D eigenvalue weighted by Crippen LogP contribution is -2.20. The summed E-state index contributed by atoms with van der Waals surface area (Å²) in [5.41, 5.74) is 1.46. The quantitative estimate of drug-likeness (QED) is 0.642. The van der Waals surface area contributed by atoms with E-state index in [1.807, 2.05) is 47.9 Å². The number of ether oxygens (including phenoxy) is 1. The molecule has 0 radical (unpaired) electrons. The molecule has 6 heteroatoms. The molecule has 0 N–H and O–H groups in total. The molecule has 0 aliphatic rings. The summed E-state index contributed by atoms with van der Waals surface area (Å²) in [6, 6.07) is 14.8. The normalized spacial score (nSPS) is 12.0. The molecule has 0 saturated carbocycles. The van der Waals surface area contributed by atoms with E-state index < -0.39 is 0 Å². The maximum Gasteiger partial charge on any atom is 0.279 e. The van der Waals surface area contributed by atoms with E-state index in [4.69, 9.17) is 16.3 Å². The van der Waals surface area contributed by atoms with Crippen molar-refractivity contribution in [3.05, 3.63) is 63.9 Å². The molecule has 0 aliphatic heterocycles. The highest BCUT2D eigenvalue weighted by molar-refractivity contribution is 7.16. The second-order valence-electron chi connectivity index (χ2n) is 5.10. The van der Waals surface area contributed by atoms with Crippen molar-refractivity contribution in [2.45, 2.75) is 13.5 Å². The summed E-state index contributed by atoms with van der Waals surface area (Å²) in [5.74, 6) is -0.261. The van der Waals surface area contributed by atoms with Crippen LogP contribution in [0, 0.1) is 0 Å². The Labute approximate surface area is 149 Å². The molecule has 3 rings (SSSR count). The van der Waals surface area contributed by atoms with Crippen molar-refractivity contribution in [1.82, 2.24) is 4.57 Å². The number of amides is 1. The number of aromatic nitrogens is 1. The number of thiazole rings is 1. The van der Waals surface area contributed by atoms with E-state index >= 15 is 0 Å². The van der Waals surface area contributed by atoms with Gasteiger partial charge in [0.2, 0.25) is 0 Å². The molecule has 1 amide bonds. The second kappa shape index (κ2) is 7.75. The number of nitrogens with zero attached hydrogens (tertiary/aromatic N) is 2. The number of carbonyl (C=O) groups excluding carboxylic acids is 1. The summed E-state index contributed by atoms with van der Waals surface area (Å²) >= 11 is 7.81. The maximum absolute atomic E-state index is 12.4. The third-order valence-electron chi connectivity index (χ3n) is 3.53. The molecule has 0 aliphatic carbocycles. The first kappa shape index (κ1) is 16.9. The zero-order chi connectivity index (χ0) is 16.9. The van der Waals surface area contributed by atoms with Gasteiger partial charge in [-0.1, -0.05) is 47.2 Å². The Morgan fingerprint density at radius 1 is 1.21 bits per heavy atom. The molecule has 0 bridgehead atoms. The Morgan fingerprint density at radius 3 is 2.75 bits per heavy atom. The smallest absolute Gasteiger partial charge is 0.279 e. The first-order valence-electron chi connectivity index (χ1n) is 7.70. The van der Waals surface area contributed by atoms with Crippen LogP contribution in [0.2, 0.25) is 5.02 Å². The predicted octanol–water partition coefficient (Wildman–Crippen LogP) is 4.13. The van der Waals surface area contributed by atoms with Crippen LogP contribution >= 0.6 is 22.9 Å². The topological polar surface area (TPSA) is 43.6 Å². The van der Waals surface area contributed by atoms with Gasteiger partial charge in [-0.15, -0.1) is 0 Å². The zero-order valence-electron chi connectivity index (χ0n) is 13.2. The Morgan fingerprint density at radius 2 is 2.00 bits per heavy atom. The summed E-state index contributed by atoms with van der Waals surface area (Å²) in [4.78, 5) is 17.4. The number of rotatable bonds is 5. The Bertz CT molecular complexity index is 916. The third-order valence-corrected chi connectivity index (χ3v) is 4.88. The molecule has 0 spiro atoms. The first-order chi connectivity index (χ1) is 11.7. The molecule has 2 aromatic carbocycles. The standard InChI is InChI=1S/C18H17ClN2O2S/c1-2-23-12-11-21-16-14(19)9-6-10-15(16)24-18(21)20-17(22)13-7-4-3-5-8-13/h3-10H,2,11-12H2,1H3. The third kappa shape index (κ3) is 3.59. The molecule has 124 valence electrons. The molecule has 4 nitrogen and oxygen atoms in total. The lowest BCUT2D eigenvalue weighted by molar-refractivity contribution is 0.0996. The van der Waals surface area contributed by atoms with Crippen LogP contribution in [0.15, 0.2) is 53.5 Å². The van der Waals surface area contributed by atoms with Crippen molar-refractivity contribution in [1.29, 1.82) is 0 Å². The Kier molecular flexibility index (Phi) is 5.45. The van der Waals surface area contributed by atoms with Gasteiger partial charge in [-0.05, 0) is 31.2 Å². The number of benzene rings is 2. The second-order valence-corrected chi connectivity index (χ2v) is 6.52. The largest absolute Gasteiger partial charge is 0.380 e. The molecule has 1 heterocycles. The predicted molar refractivity (Wildman–Crippen MR) is 97.7 cm³/mol. The molecular formula is C18H17ClN2O2S. The lowest BCUT2D eigenvalue weighted by atomic mass is 10.2. The SMILES string of the molecule is CCOCCn1c(=NC(=O)c2ccccc2)sc2cccc(Cl)c21. The van der Waals surface area contributed by atoms with Crippen molar-refractivity contribution in [3.63, 3.8) is 0 Å². The molecule has 0 fully saturated rings. The number of para-hydroxylation sites is 1. The van der Waals surface area contributed by atoms with Crippen molar-refractivity contribution < 1.29 is 9.53 Å². The van der Waals surface area contributed by atoms with E-state index in [0.717, 1.165) is 10.2 Å². The average molecular weight is 361 g/mol. The van der Waals surface area contributed by atoms with Gasteiger partial charge >= 0.3 is 0 Å². The minimum Gasteiger partial charge on any atom is -0.380 e. The monoisotopic (exact) mass is 360 g/mol. The minimum atomic E-state index is -0.261. The summed E-state index contributed by atoms with van der Waals surface area (Å²) in [5, 5.41) is 0.647. The van der Waals surface area contributed by atoms with E-state index in [9.17, 15) is 4.79 Å². The minimum absolute atomic E-state index is 0.261. The molecule has 0 saturated heterocycles. The van der Waals surface area contributed by atoms with Crippen molar-refractivity contribution in [2.24, 2.45) is 4.99 Å². The van der Waals surface area contributed by atoms with E-state index in [1.54, 1.807) is 12.1 Å². The van der Waals surface area contributed by atoms with Gasteiger partial charge in [0.25, 0.3) is 5.91 Å². The van der Waals surface area contributed by atoms with Crippen LogP contribution < -0.4 is 4.80 Å². The van der Waals surface area contributed by atoms with Gasteiger partial charge in [-0.25, -0.2) is 0 Å². The highest BCUT2D eigenvalue weighted by Gasteiger charge is 2.11. The first-order valence-corrected chi connectivity index (χ1v) is 8.90. The van der Waals surface area contributed by atoms with Crippen LogP contribution in [-0.4, -0.2) is 23.7 Å². The molecular weight excluding hydrogens is 344 g/mol. The van der Waals surface area contributed by atoms with E-state index in [1.165, 1.54) is 11.3 Å². The Hall–Kier alpha value is -1.95. The van der Waals surface area contributed by atoms with Gasteiger partial charge in [0.05, 0.1) is 21.8 Å². The lowest BCUT2D eigenvalue weighted by Gasteiger charge is -2.06. The van der Waals surface area contributed by atoms with Gasteiger partial charge in [-0.2, -0.15) is 4.99 Å². The fourth-order valence-electron chi connectivity index (χ4n) is 2.41. The van der Waals surface area contributed by atoms with E-state index in [-0.39, 0.29) is 5.91 Å². The van der Waals surface area contributed by atoms with Crippen LogP contribution in [0.4, 0.5) is 0 Å². The Balaban J connectivity index is 2.09. The van der Waals surface area contributed by atoms with Gasteiger partial charge in [0.1, 0.15) is 0 Å². The highest BCUT2D eigenvalue weighted by atomic mass is 35.5. The maximum atomic E-state index is 12.4. The van der Waals surface area contributed by atoms with Crippen molar-refractivity contribution >= 4 is 39.1 Å². The molecule has 0 unspecified atom stereocenters. The average Bonchev–Trinajstić information content (AvgIpc) is 2.94. The number of hydrogen-bond acceptors (Lipinski definition) is 3. The fourth-order valence-corrected chi connectivity index (χ4v) is 3.83. The van der Waals surface area contributed by atoms with Gasteiger partial charge in [0.15, 0.2) is 4.80 Å². The highest BCUT2D eigenvalue weighted by Crippen LogP contribution is 2.25. The summed E-state index contributed by atoms with van der Waals surface area (Å²) in [7, 11) is 0. The van der Waals surface area contributed by atoms with Crippen LogP contribution in [0.1, 0.15) is 17.3 Å². The van der Waals surface area contributed by atoms with Crippen molar-refractivity contribution in [2.75, 3.05) is 13.2 Å². The van der Waals surface area contributed by atoms with Crippen LogP contribution in [0.5, 0.6) is 0 Å². The number of carbonyl (C=O) groups is 1. The number of halogens is 1. The van der Waals surface area contributed by atoms with Gasteiger partial charge in [0, 0.05) is 18.7 Å². The van der Waals surface area contributed by atoms with Crippen LogP contribution in [0.3, 0.4) is 0 Å². The van der Waals surface area contributed by atoms with Gasteiger partial charge < -0.3 is 9.30 Å². The van der Waals surface area contributed by atoms with Crippen molar-refractivity contribution in [3.8, 4) is 0 Å². The van der Waals surface area contributed by atoms with Crippen LogP contribution in [-0.2, 0) is 11.3 Å². The number of hydrogen-bond donors (Lipinski definition) is 0. The molecule has 0 atom stereocenters. The fraction of sp³-hybridized carbons (Fsp3) is 0.222. The van der Waals surface area contributed by atoms with Crippen LogP contribution in [0.25, 0.3) is 10.2 Å². The zero-order valence-corrected chi connectivity index (χ0v) is 14.8. The van der Waals surface area contributed by atoms with E-state index in [0.29, 0.717) is 35.1 Å². The summed E-state index contributed by atoms with van der Waals surface area (Å²) in [6.45, 7) is 3.73. The molecule has 24 heavy (non-hydrogen) atoms. The van der Waals surface area contributed by atoms with E-state index in [2.05, 4.69) is 4.99 Å². The number of fused-ring (bicyclic) bond motifs is 1. The summed E-state index contributed by atoms with van der Waals surface area (Å²) in [6.07, 6.45) is 0.